The predicted molar refractivity (Wildman–Crippen MR) is 80.7 cm³/mol. The Bertz CT molecular complexity index is 421. The van der Waals surface area contributed by atoms with Crippen LogP contribution in [0.25, 0.3) is 0 Å². The lowest BCUT2D eigenvalue weighted by atomic mass is 10.3. The van der Waals surface area contributed by atoms with Crippen LogP contribution in [0, 0.1) is 0 Å². The van der Waals surface area contributed by atoms with Gasteiger partial charge in [-0.25, -0.2) is 4.98 Å². The van der Waals surface area contributed by atoms with E-state index in [1.165, 1.54) is 0 Å². The van der Waals surface area contributed by atoms with Gasteiger partial charge in [0.25, 0.3) is 0 Å². The zero-order chi connectivity index (χ0) is 13.7. The Labute approximate surface area is 124 Å². The lowest BCUT2D eigenvalue weighted by Gasteiger charge is -2.23. The van der Waals surface area contributed by atoms with E-state index in [-0.39, 0.29) is 0 Å². The number of nitrogens with one attached hydrogen (secondary N) is 1. The Morgan fingerprint density at radius 3 is 2.95 bits per heavy atom. The van der Waals surface area contributed by atoms with E-state index < -0.39 is 0 Å². The number of hydrogen-bond donors (Lipinski definition) is 1. The molecule has 1 fully saturated rings. The van der Waals surface area contributed by atoms with Crippen molar-refractivity contribution in [3.05, 3.63) is 16.1 Å². The first kappa shape index (κ1) is 14.7. The van der Waals surface area contributed by atoms with E-state index >= 15 is 0 Å². The molecule has 0 bridgehead atoms. The molecule has 2 rings (SSSR count). The van der Waals surface area contributed by atoms with Crippen LogP contribution in [-0.4, -0.2) is 37.8 Å². The molecule has 4 nitrogen and oxygen atoms in total. The zero-order valence-corrected chi connectivity index (χ0v) is 12.6. The van der Waals surface area contributed by atoms with Crippen LogP contribution in [0.2, 0.25) is 10.0 Å². The average molecular weight is 304 g/mol. The van der Waals surface area contributed by atoms with E-state index in [1.807, 2.05) is 0 Å². The summed E-state index contributed by atoms with van der Waals surface area (Å²) in [7, 11) is 0. The fraction of sp³-hybridized carbons (Fsp3) is 0.615. The summed E-state index contributed by atoms with van der Waals surface area (Å²) in [5.41, 5.74) is 0. The molecule has 0 aromatic carbocycles. The molecular weight excluding hydrogens is 285 g/mol. The summed E-state index contributed by atoms with van der Waals surface area (Å²) in [5.74, 6) is 1.49. The van der Waals surface area contributed by atoms with Crippen molar-refractivity contribution in [2.45, 2.75) is 19.8 Å². The third-order valence-corrected chi connectivity index (χ3v) is 3.54. The van der Waals surface area contributed by atoms with E-state index in [0.29, 0.717) is 22.5 Å². The minimum absolute atomic E-state index is 0.563. The molecule has 0 aliphatic carbocycles. The molecule has 19 heavy (non-hydrogen) atoms. The summed E-state index contributed by atoms with van der Waals surface area (Å²) >= 11 is 12.4. The molecule has 1 N–H and O–H groups in total. The first-order valence-electron chi connectivity index (χ1n) is 6.65. The van der Waals surface area contributed by atoms with Crippen LogP contribution >= 0.6 is 23.2 Å². The highest BCUT2D eigenvalue weighted by atomic mass is 35.5. The van der Waals surface area contributed by atoms with E-state index in [0.717, 1.165) is 44.9 Å². The van der Waals surface area contributed by atoms with Crippen molar-refractivity contribution in [3.8, 4) is 0 Å². The van der Waals surface area contributed by atoms with Gasteiger partial charge in [0.2, 0.25) is 0 Å². The maximum atomic E-state index is 6.26. The van der Waals surface area contributed by atoms with Gasteiger partial charge in [0.1, 0.15) is 11.6 Å². The largest absolute Gasteiger partial charge is 0.380 e. The number of aromatic nitrogens is 1. The van der Waals surface area contributed by atoms with Crippen LogP contribution in [0.3, 0.4) is 0 Å². The minimum Gasteiger partial charge on any atom is -0.380 e. The fourth-order valence-corrected chi connectivity index (χ4v) is 2.55. The Morgan fingerprint density at radius 2 is 2.16 bits per heavy atom. The van der Waals surface area contributed by atoms with Gasteiger partial charge >= 0.3 is 0 Å². The summed E-state index contributed by atoms with van der Waals surface area (Å²) in [6, 6.07) is 1.76. The second kappa shape index (κ2) is 7.17. The number of rotatable bonds is 4. The van der Waals surface area contributed by atoms with Crippen LogP contribution in [0.1, 0.15) is 19.8 Å². The second-order valence-corrected chi connectivity index (χ2v) is 5.32. The average Bonchev–Trinajstić information content (AvgIpc) is 2.66. The maximum absolute atomic E-state index is 6.26. The molecule has 1 aliphatic rings. The lowest BCUT2D eigenvalue weighted by molar-refractivity contribution is 0.152. The van der Waals surface area contributed by atoms with Gasteiger partial charge in [0.05, 0.1) is 16.7 Å². The van der Waals surface area contributed by atoms with Crippen LogP contribution < -0.4 is 10.2 Å². The first-order valence-corrected chi connectivity index (χ1v) is 7.40. The summed E-state index contributed by atoms with van der Waals surface area (Å²) in [6.07, 6.45) is 2.01. The van der Waals surface area contributed by atoms with Gasteiger partial charge in [-0.15, -0.1) is 0 Å². The topological polar surface area (TPSA) is 37.4 Å². The van der Waals surface area contributed by atoms with E-state index in [9.17, 15) is 0 Å². The van der Waals surface area contributed by atoms with Crippen LogP contribution in [0.5, 0.6) is 0 Å². The SMILES string of the molecule is CCCNc1nc(N2CCCOCC2)c(Cl)cc1Cl. The van der Waals surface area contributed by atoms with Crippen molar-refractivity contribution in [2.75, 3.05) is 43.1 Å². The molecule has 2 heterocycles. The van der Waals surface area contributed by atoms with Crippen LogP contribution in [-0.2, 0) is 4.74 Å². The second-order valence-electron chi connectivity index (χ2n) is 4.50. The summed E-state index contributed by atoms with van der Waals surface area (Å²) in [4.78, 5) is 6.73. The molecule has 1 aromatic heterocycles. The Kier molecular flexibility index (Phi) is 5.55. The molecule has 1 aliphatic heterocycles. The third kappa shape index (κ3) is 3.88. The van der Waals surface area contributed by atoms with Crippen molar-refractivity contribution in [1.29, 1.82) is 0 Å². The van der Waals surface area contributed by atoms with Crippen molar-refractivity contribution in [3.63, 3.8) is 0 Å². The van der Waals surface area contributed by atoms with Gasteiger partial charge in [-0.05, 0) is 18.9 Å². The predicted octanol–water partition coefficient (Wildman–Crippen LogP) is 3.44. The quantitative estimate of drug-likeness (QED) is 0.924. The van der Waals surface area contributed by atoms with Gasteiger partial charge in [0.15, 0.2) is 0 Å². The Morgan fingerprint density at radius 1 is 1.32 bits per heavy atom. The van der Waals surface area contributed by atoms with Gasteiger partial charge in [0, 0.05) is 26.2 Å². The van der Waals surface area contributed by atoms with Crippen molar-refractivity contribution in [2.24, 2.45) is 0 Å². The molecule has 0 amide bonds. The van der Waals surface area contributed by atoms with Crippen molar-refractivity contribution in [1.82, 2.24) is 4.98 Å². The third-order valence-electron chi connectivity index (χ3n) is 2.98. The van der Waals surface area contributed by atoms with E-state index in [4.69, 9.17) is 27.9 Å². The van der Waals surface area contributed by atoms with Crippen molar-refractivity contribution >= 4 is 34.8 Å². The standard InChI is InChI=1S/C13H19Cl2N3O/c1-2-4-16-12-10(14)9-11(15)13(17-12)18-5-3-7-19-8-6-18/h9H,2-8H2,1H3,(H,16,17). The molecule has 1 saturated heterocycles. The van der Waals surface area contributed by atoms with E-state index in [1.54, 1.807) is 6.07 Å². The number of nitrogens with zero attached hydrogens (tertiary/aromatic N) is 2. The number of halogens is 2. The number of anilines is 2. The molecular formula is C13H19Cl2N3O. The number of pyridine rings is 1. The number of ether oxygens (including phenoxy) is 1. The smallest absolute Gasteiger partial charge is 0.150 e. The normalized spacial score (nSPS) is 16.3. The van der Waals surface area contributed by atoms with Crippen molar-refractivity contribution < 1.29 is 4.74 Å². The summed E-state index contributed by atoms with van der Waals surface area (Å²) < 4.78 is 5.45. The highest BCUT2D eigenvalue weighted by molar-refractivity contribution is 6.37. The molecule has 0 unspecified atom stereocenters. The minimum atomic E-state index is 0.563. The van der Waals surface area contributed by atoms with Crippen LogP contribution in [0.4, 0.5) is 11.6 Å². The fourth-order valence-electron chi connectivity index (χ4n) is 2.00. The van der Waals surface area contributed by atoms with Gasteiger partial charge < -0.3 is 15.0 Å². The van der Waals surface area contributed by atoms with E-state index in [2.05, 4.69) is 22.1 Å². The molecule has 0 spiro atoms. The maximum Gasteiger partial charge on any atom is 0.150 e. The Balaban J connectivity index is 2.22. The molecule has 106 valence electrons. The highest BCUT2D eigenvalue weighted by Crippen LogP contribution is 2.31. The van der Waals surface area contributed by atoms with Gasteiger partial charge in [-0.1, -0.05) is 30.1 Å². The molecule has 6 heteroatoms. The monoisotopic (exact) mass is 303 g/mol. The summed E-state index contributed by atoms with van der Waals surface area (Å²) in [6.45, 7) is 6.16. The van der Waals surface area contributed by atoms with Gasteiger partial charge in [-0.2, -0.15) is 0 Å². The molecule has 1 aromatic rings. The zero-order valence-electron chi connectivity index (χ0n) is 11.1. The number of hydrogen-bond acceptors (Lipinski definition) is 4. The molecule has 0 atom stereocenters. The van der Waals surface area contributed by atoms with Crippen LogP contribution in [0.15, 0.2) is 6.07 Å². The summed E-state index contributed by atoms with van der Waals surface area (Å²) in [5, 5.41) is 4.38. The highest BCUT2D eigenvalue weighted by Gasteiger charge is 2.17. The first-order chi connectivity index (χ1) is 9.22. The van der Waals surface area contributed by atoms with Gasteiger partial charge in [-0.3, -0.25) is 0 Å². The lowest BCUT2D eigenvalue weighted by Crippen LogP contribution is -2.27. The Hall–Kier alpha value is -0.710. The molecule has 0 radical (unpaired) electrons. The molecule has 0 saturated carbocycles.